The summed E-state index contributed by atoms with van der Waals surface area (Å²) in [4.78, 5) is 25.6. The maximum Gasteiger partial charge on any atom is 0.317 e. The molecular weight excluding hydrogens is 456 g/mol. The van der Waals surface area contributed by atoms with Gasteiger partial charge in [0, 0.05) is 5.02 Å². The summed E-state index contributed by atoms with van der Waals surface area (Å²) >= 11 is 24.0. The zero-order valence-electron chi connectivity index (χ0n) is 15.6. The van der Waals surface area contributed by atoms with Gasteiger partial charge < -0.3 is 10.1 Å². The molecule has 3 rings (SSSR count). The predicted molar refractivity (Wildman–Crippen MR) is 117 cm³/mol. The molecule has 0 bridgehead atoms. The first-order valence-electron chi connectivity index (χ1n) is 9.15. The number of hydrogen-bond donors (Lipinski definition) is 1. The van der Waals surface area contributed by atoms with Crippen LogP contribution in [-0.4, -0.2) is 18.0 Å². The lowest BCUT2D eigenvalue weighted by Crippen LogP contribution is -2.39. The van der Waals surface area contributed by atoms with Gasteiger partial charge in [-0.3, -0.25) is 9.59 Å². The van der Waals surface area contributed by atoms with Gasteiger partial charge in [-0.2, -0.15) is 0 Å². The molecule has 0 spiro atoms. The summed E-state index contributed by atoms with van der Waals surface area (Å²) in [5.41, 5.74) is 0.382. The van der Waals surface area contributed by atoms with Gasteiger partial charge in [0.1, 0.15) is 0 Å². The van der Waals surface area contributed by atoms with Crippen LogP contribution in [-0.2, 0) is 19.7 Å². The third kappa shape index (κ3) is 4.83. The molecule has 1 atom stereocenters. The van der Waals surface area contributed by atoms with Crippen molar-refractivity contribution in [2.24, 2.45) is 0 Å². The first kappa shape index (κ1) is 22.2. The van der Waals surface area contributed by atoms with Crippen LogP contribution in [0.1, 0.15) is 38.2 Å². The third-order valence-corrected chi connectivity index (χ3v) is 6.45. The van der Waals surface area contributed by atoms with E-state index in [9.17, 15) is 9.59 Å². The minimum absolute atomic E-state index is 0.236. The van der Waals surface area contributed by atoms with Crippen molar-refractivity contribution in [2.45, 2.75) is 44.1 Å². The van der Waals surface area contributed by atoms with E-state index in [2.05, 4.69) is 5.32 Å². The van der Waals surface area contributed by atoms with Crippen LogP contribution >= 0.6 is 46.4 Å². The van der Waals surface area contributed by atoms with E-state index in [-0.39, 0.29) is 15.1 Å². The fourth-order valence-corrected chi connectivity index (χ4v) is 4.26. The Morgan fingerprint density at radius 1 is 0.966 bits per heavy atom. The highest BCUT2D eigenvalue weighted by atomic mass is 35.5. The van der Waals surface area contributed by atoms with Crippen molar-refractivity contribution in [3.63, 3.8) is 0 Å². The Morgan fingerprint density at radius 3 is 2.17 bits per heavy atom. The van der Waals surface area contributed by atoms with E-state index in [1.54, 1.807) is 12.1 Å². The predicted octanol–water partition coefficient (Wildman–Crippen LogP) is 6.68. The summed E-state index contributed by atoms with van der Waals surface area (Å²) in [7, 11) is 0. The molecule has 1 amide bonds. The van der Waals surface area contributed by atoms with Gasteiger partial charge in [0.05, 0.1) is 26.2 Å². The van der Waals surface area contributed by atoms with Gasteiger partial charge in [-0.15, -0.1) is 0 Å². The normalized spacial score (nSPS) is 16.3. The monoisotopic (exact) mass is 473 g/mol. The van der Waals surface area contributed by atoms with E-state index < -0.39 is 23.4 Å². The van der Waals surface area contributed by atoms with E-state index in [0.29, 0.717) is 23.6 Å². The van der Waals surface area contributed by atoms with Crippen LogP contribution in [0.4, 0.5) is 5.69 Å². The maximum absolute atomic E-state index is 13.1. The van der Waals surface area contributed by atoms with Crippen LogP contribution in [0.15, 0.2) is 36.4 Å². The van der Waals surface area contributed by atoms with Crippen molar-refractivity contribution < 1.29 is 14.3 Å². The lowest BCUT2D eigenvalue weighted by Gasteiger charge is -2.28. The Bertz CT molecular complexity index is 924. The average Bonchev–Trinajstić information content (AvgIpc) is 3.17. The van der Waals surface area contributed by atoms with Crippen molar-refractivity contribution in [2.75, 3.05) is 5.32 Å². The molecule has 1 aliphatic carbocycles. The van der Waals surface area contributed by atoms with Gasteiger partial charge in [-0.25, -0.2) is 0 Å². The van der Waals surface area contributed by atoms with Gasteiger partial charge in [-0.05, 0) is 49.6 Å². The van der Waals surface area contributed by atoms with E-state index >= 15 is 0 Å². The fourth-order valence-electron chi connectivity index (χ4n) is 3.54. The average molecular weight is 475 g/mol. The Balaban J connectivity index is 1.74. The van der Waals surface area contributed by atoms with Crippen molar-refractivity contribution in [1.82, 2.24) is 0 Å². The highest BCUT2D eigenvalue weighted by Gasteiger charge is 2.45. The van der Waals surface area contributed by atoms with Crippen molar-refractivity contribution in [1.29, 1.82) is 0 Å². The van der Waals surface area contributed by atoms with Crippen LogP contribution in [0.25, 0.3) is 0 Å². The topological polar surface area (TPSA) is 55.4 Å². The summed E-state index contributed by atoms with van der Waals surface area (Å²) in [5, 5.41) is 3.99. The van der Waals surface area contributed by atoms with Gasteiger partial charge >= 0.3 is 5.97 Å². The molecule has 1 saturated carbocycles. The van der Waals surface area contributed by atoms with Crippen LogP contribution < -0.4 is 5.32 Å². The highest BCUT2D eigenvalue weighted by Crippen LogP contribution is 2.42. The Kier molecular flexibility index (Phi) is 7.00. The molecule has 0 saturated heterocycles. The second kappa shape index (κ2) is 9.13. The number of ether oxygens (including phenoxy) is 1. The van der Waals surface area contributed by atoms with E-state index in [0.717, 1.165) is 18.4 Å². The number of hydrogen-bond acceptors (Lipinski definition) is 3. The smallest absolute Gasteiger partial charge is 0.317 e. The zero-order chi connectivity index (χ0) is 21.2. The first-order chi connectivity index (χ1) is 13.7. The van der Waals surface area contributed by atoms with E-state index in [1.165, 1.54) is 19.1 Å². The number of carbonyl (C=O) groups is 2. The first-order valence-corrected chi connectivity index (χ1v) is 10.7. The lowest BCUT2D eigenvalue weighted by molar-refractivity contribution is -0.159. The van der Waals surface area contributed by atoms with E-state index in [4.69, 9.17) is 51.1 Å². The second-order valence-corrected chi connectivity index (χ2v) is 8.74. The Labute approximate surface area is 189 Å². The summed E-state index contributed by atoms with van der Waals surface area (Å²) < 4.78 is 5.56. The molecule has 1 aliphatic rings. The Hall–Kier alpha value is -1.46. The maximum atomic E-state index is 13.1. The largest absolute Gasteiger partial charge is 0.452 e. The number of esters is 1. The molecule has 0 aromatic heterocycles. The molecule has 2 aromatic carbocycles. The fraction of sp³-hybridized carbons (Fsp3) is 0.333. The van der Waals surface area contributed by atoms with Crippen LogP contribution in [0.3, 0.4) is 0 Å². The molecule has 0 radical (unpaired) electrons. The molecule has 29 heavy (non-hydrogen) atoms. The lowest BCUT2D eigenvalue weighted by atomic mass is 9.79. The molecule has 2 aromatic rings. The van der Waals surface area contributed by atoms with Gasteiger partial charge in [0.2, 0.25) is 0 Å². The molecule has 0 aliphatic heterocycles. The van der Waals surface area contributed by atoms with Crippen molar-refractivity contribution >= 4 is 64.0 Å². The molecule has 8 heteroatoms. The summed E-state index contributed by atoms with van der Waals surface area (Å²) in [6, 6.07) is 10.1. The van der Waals surface area contributed by atoms with Gasteiger partial charge in [0.15, 0.2) is 6.10 Å². The number of benzene rings is 2. The zero-order valence-corrected chi connectivity index (χ0v) is 18.6. The number of rotatable bonds is 5. The summed E-state index contributed by atoms with van der Waals surface area (Å²) in [6.07, 6.45) is 2.15. The molecule has 4 nitrogen and oxygen atoms in total. The number of anilines is 1. The number of nitrogens with one attached hydrogen (secondary N) is 1. The highest BCUT2D eigenvalue weighted by molar-refractivity contribution is 6.44. The molecule has 1 N–H and O–H groups in total. The minimum Gasteiger partial charge on any atom is -0.452 e. The van der Waals surface area contributed by atoms with Gasteiger partial charge in [0.25, 0.3) is 5.91 Å². The van der Waals surface area contributed by atoms with Crippen molar-refractivity contribution in [3.8, 4) is 0 Å². The summed E-state index contributed by atoms with van der Waals surface area (Å²) in [6.45, 7) is 1.52. The minimum atomic E-state index is -1.02. The molecular formula is C21H19Cl4NO3. The molecule has 1 fully saturated rings. The molecule has 1 unspecified atom stereocenters. The number of halogens is 4. The van der Waals surface area contributed by atoms with Crippen LogP contribution in [0.5, 0.6) is 0 Å². The van der Waals surface area contributed by atoms with Gasteiger partial charge in [-0.1, -0.05) is 71.4 Å². The standard InChI is InChI=1S/C21H19Cl4NO3/c1-12(19(27)26-18-11-16(24)15(23)10-17(18)25)29-20(28)21(8-2-3-9-21)13-4-6-14(22)7-5-13/h4-7,10-12H,2-3,8-9H2,1H3,(H,26,27). The number of carbonyl (C=O) groups excluding carboxylic acids is 2. The van der Waals surface area contributed by atoms with Crippen LogP contribution in [0, 0.1) is 0 Å². The van der Waals surface area contributed by atoms with Crippen LogP contribution in [0.2, 0.25) is 20.1 Å². The molecule has 154 valence electrons. The number of amides is 1. The molecule has 0 heterocycles. The van der Waals surface area contributed by atoms with E-state index in [1.807, 2.05) is 12.1 Å². The summed E-state index contributed by atoms with van der Waals surface area (Å²) in [5.74, 6) is -0.928. The quantitative estimate of drug-likeness (QED) is 0.388. The third-order valence-electron chi connectivity index (χ3n) is 5.17. The second-order valence-electron chi connectivity index (χ2n) is 7.08. The Morgan fingerprint density at radius 2 is 1.55 bits per heavy atom. The SMILES string of the molecule is CC(OC(=O)C1(c2ccc(Cl)cc2)CCCC1)C(=O)Nc1cc(Cl)c(Cl)cc1Cl. The van der Waals surface area contributed by atoms with Crippen molar-refractivity contribution in [3.05, 3.63) is 62.1 Å².